The standard InChI is InChI=1S/C20H18N2O5S/c1-24-14-8-7-12(9-17(14)25-2)19(23)22-20-21-13(11-28-20)18-10-26-15-5-3-4-6-16(15)27-18/h3-9,11,18H,10H2,1-2H3,(H,21,22,23)/t18-/m1/s1. The molecule has 2 aromatic carbocycles. The van der Waals surface area contributed by atoms with Crippen LogP contribution in [0.1, 0.15) is 22.2 Å². The Morgan fingerprint density at radius 1 is 1.14 bits per heavy atom. The molecule has 0 saturated heterocycles. The van der Waals surface area contributed by atoms with Crippen LogP contribution >= 0.6 is 11.3 Å². The van der Waals surface area contributed by atoms with Gasteiger partial charge >= 0.3 is 0 Å². The lowest BCUT2D eigenvalue weighted by Crippen LogP contribution is -2.22. The molecule has 1 aromatic heterocycles. The number of hydrogen-bond donors (Lipinski definition) is 1. The van der Waals surface area contributed by atoms with Gasteiger partial charge in [0.1, 0.15) is 6.61 Å². The van der Waals surface area contributed by atoms with Gasteiger partial charge in [-0.05, 0) is 30.3 Å². The fourth-order valence-corrected chi connectivity index (χ4v) is 3.55. The third-order valence-corrected chi connectivity index (χ3v) is 5.00. The molecule has 1 aliphatic rings. The zero-order valence-electron chi connectivity index (χ0n) is 15.3. The first-order valence-electron chi connectivity index (χ1n) is 8.55. The molecule has 0 aliphatic carbocycles. The fraction of sp³-hybridized carbons (Fsp3) is 0.200. The molecular formula is C20H18N2O5S. The van der Waals surface area contributed by atoms with E-state index in [0.717, 1.165) is 5.75 Å². The van der Waals surface area contributed by atoms with Gasteiger partial charge in [-0.15, -0.1) is 11.3 Å². The SMILES string of the molecule is COc1ccc(C(=O)Nc2nc([C@H]3COc4ccccc4O3)cs2)cc1OC. The zero-order valence-corrected chi connectivity index (χ0v) is 16.1. The van der Waals surface area contributed by atoms with E-state index in [1.54, 1.807) is 25.3 Å². The molecule has 4 rings (SSSR count). The Morgan fingerprint density at radius 2 is 1.93 bits per heavy atom. The van der Waals surface area contributed by atoms with Crippen molar-refractivity contribution in [1.82, 2.24) is 4.98 Å². The maximum absolute atomic E-state index is 12.5. The van der Waals surface area contributed by atoms with E-state index < -0.39 is 0 Å². The van der Waals surface area contributed by atoms with E-state index in [2.05, 4.69) is 10.3 Å². The number of fused-ring (bicyclic) bond motifs is 1. The Morgan fingerprint density at radius 3 is 2.71 bits per heavy atom. The third kappa shape index (κ3) is 3.59. The van der Waals surface area contributed by atoms with Gasteiger partial charge in [0.05, 0.1) is 19.9 Å². The van der Waals surface area contributed by atoms with E-state index in [9.17, 15) is 4.79 Å². The van der Waals surface area contributed by atoms with Crippen LogP contribution in [0.15, 0.2) is 47.8 Å². The minimum Gasteiger partial charge on any atom is -0.493 e. The summed E-state index contributed by atoms with van der Waals surface area (Å²) in [5.74, 6) is 2.17. The second-order valence-corrected chi connectivity index (χ2v) is 6.82. The van der Waals surface area contributed by atoms with Crippen LogP contribution in [0.5, 0.6) is 23.0 Å². The van der Waals surface area contributed by atoms with Gasteiger partial charge in [-0.1, -0.05) is 12.1 Å². The van der Waals surface area contributed by atoms with Crippen LogP contribution in [0, 0.1) is 0 Å². The highest BCUT2D eigenvalue weighted by Gasteiger charge is 2.25. The van der Waals surface area contributed by atoms with Crippen LogP contribution in [0.3, 0.4) is 0 Å². The summed E-state index contributed by atoms with van der Waals surface area (Å²) in [6.07, 6.45) is -0.321. The molecule has 3 aromatic rings. The van der Waals surface area contributed by atoms with Gasteiger partial charge in [0.2, 0.25) is 0 Å². The molecule has 7 nitrogen and oxygen atoms in total. The monoisotopic (exact) mass is 398 g/mol. The van der Waals surface area contributed by atoms with Gasteiger partial charge in [0, 0.05) is 10.9 Å². The minimum atomic E-state index is -0.321. The van der Waals surface area contributed by atoms with Crippen LogP contribution in [0.2, 0.25) is 0 Å². The third-order valence-electron chi connectivity index (χ3n) is 4.23. The van der Waals surface area contributed by atoms with Crippen molar-refractivity contribution < 1.29 is 23.7 Å². The number of carbonyl (C=O) groups is 1. The summed E-state index contributed by atoms with van der Waals surface area (Å²) in [5.41, 5.74) is 1.16. The summed E-state index contributed by atoms with van der Waals surface area (Å²) in [6, 6.07) is 12.5. The number of ether oxygens (including phenoxy) is 4. The van der Waals surface area contributed by atoms with Crippen LogP contribution in [-0.2, 0) is 0 Å². The zero-order chi connectivity index (χ0) is 19.5. The van der Waals surface area contributed by atoms with Crippen molar-refractivity contribution in [2.24, 2.45) is 0 Å². The Kier molecular flexibility index (Phi) is 5.03. The number of para-hydroxylation sites is 2. The summed E-state index contributed by atoms with van der Waals surface area (Å²) >= 11 is 1.33. The van der Waals surface area contributed by atoms with Crippen molar-refractivity contribution >= 4 is 22.4 Å². The molecule has 0 fully saturated rings. The Hall–Kier alpha value is -3.26. The maximum atomic E-state index is 12.5. The Bertz CT molecular complexity index is 1000. The number of aromatic nitrogens is 1. The highest BCUT2D eigenvalue weighted by Crippen LogP contribution is 2.36. The Balaban J connectivity index is 1.46. The van der Waals surface area contributed by atoms with Crippen LogP contribution < -0.4 is 24.3 Å². The lowest BCUT2D eigenvalue weighted by molar-refractivity contribution is 0.0888. The van der Waals surface area contributed by atoms with Crippen LogP contribution in [0.25, 0.3) is 0 Å². The van der Waals surface area contributed by atoms with E-state index in [1.165, 1.54) is 18.4 Å². The first-order chi connectivity index (χ1) is 13.7. The number of rotatable bonds is 5. The quantitative estimate of drug-likeness (QED) is 0.702. The predicted octanol–water partition coefficient (Wildman–Crippen LogP) is 3.93. The molecule has 144 valence electrons. The van der Waals surface area contributed by atoms with Crippen molar-refractivity contribution in [1.29, 1.82) is 0 Å². The lowest BCUT2D eigenvalue weighted by Gasteiger charge is -2.25. The number of thiazole rings is 1. The highest BCUT2D eigenvalue weighted by molar-refractivity contribution is 7.14. The summed E-state index contributed by atoms with van der Waals surface area (Å²) in [6.45, 7) is 0.365. The second-order valence-electron chi connectivity index (χ2n) is 5.97. The van der Waals surface area contributed by atoms with E-state index in [1.807, 2.05) is 29.6 Å². The van der Waals surface area contributed by atoms with Gasteiger partial charge in [-0.2, -0.15) is 0 Å². The van der Waals surface area contributed by atoms with Crippen molar-refractivity contribution in [3.63, 3.8) is 0 Å². The number of anilines is 1. The van der Waals surface area contributed by atoms with Gasteiger partial charge in [0.15, 0.2) is 34.2 Å². The van der Waals surface area contributed by atoms with E-state index in [4.69, 9.17) is 18.9 Å². The molecular weight excluding hydrogens is 380 g/mol. The maximum Gasteiger partial charge on any atom is 0.257 e. The normalized spacial score (nSPS) is 15.0. The lowest BCUT2D eigenvalue weighted by atomic mass is 10.2. The molecule has 28 heavy (non-hydrogen) atoms. The van der Waals surface area contributed by atoms with Gasteiger partial charge in [-0.3, -0.25) is 10.1 Å². The number of nitrogens with zero attached hydrogens (tertiary/aromatic N) is 1. The molecule has 2 heterocycles. The summed E-state index contributed by atoms with van der Waals surface area (Å²) in [7, 11) is 3.07. The molecule has 0 spiro atoms. The molecule has 1 amide bonds. The predicted molar refractivity (Wildman–Crippen MR) is 105 cm³/mol. The van der Waals surface area contributed by atoms with E-state index >= 15 is 0 Å². The summed E-state index contributed by atoms with van der Waals surface area (Å²) in [5, 5.41) is 5.14. The van der Waals surface area contributed by atoms with Crippen molar-refractivity contribution in [3.05, 3.63) is 59.1 Å². The van der Waals surface area contributed by atoms with Crippen molar-refractivity contribution in [2.75, 3.05) is 26.1 Å². The number of benzene rings is 2. The number of amides is 1. The van der Waals surface area contributed by atoms with Gasteiger partial charge in [-0.25, -0.2) is 4.98 Å². The first kappa shape index (κ1) is 18.1. The number of methoxy groups -OCH3 is 2. The average molecular weight is 398 g/mol. The molecule has 0 radical (unpaired) electrons. The minimum absolute atomic E-state index is 0.284. The molecule has 1 N–H and O–H groups in total. The largest absolute Gasteiger partial charge is 0.493 e. The van der Waals surface area contributed by atoms with E-state index in [0.29, 0.717) is 40.2 Å². The molecule has 1 atom stereocenters. The van der Waals surface area contributed by atoms with Crippen molar-refractivity contribution in [3.8, 4) is 23.0 Å². The smallest absolute Gasteiger partial charge is 0.257 e. The van der Waals surface area contributed by atoms with Crippen LogP contribution in [0.4, 0.5) is 5.13 Å². The average Bonchev–Trinajstić information content (AvgIpc) is 3.21. The van der Waals surface area contributed by atoms with Gasteiger partial charge < -0.3 is 18.9 Å². The molecule has 0 bridgehead atoms. The van der Waals surface area contributed by atoms with Crippen molar-refractivity contribution in [2.45, 2.75) is 6.10 Å². The molecule has 1 aliphatic heterocycles. The van der Waals surface area contributed by atoms with Crippen LogP contribution in [-0.4, -0.2) is 31.7 Å². The summed E-state index contributed by atoms with van der Waals surface area (Å²) < 4.78 is 22.1. The number of carbonyl (C=O) groups excluding carboxylic acids is 1. The van der Waals surface area contributed by atoms with E-state index in [-0.39, 0.29) is 12.0 Å². The fourth-order valence-electron chi connectivity index (χ4n) is 2.80. The number of hydrogen-bond acceptors (Lipinski definition) is 7. The highest BCUT2D eigenvalue weighted by atomic mass is 32.1. The Labute approximate surface area is 165 Å². The first-order valence-corrected chi connectivity index (χ1v) is 9.43. The summed E-state index contributed by atoms with van der Waals surface area (Å²) in [4.78, 5) is 17.0. The topological polar surface area (TPSA) is 78.9 Å². The molecule has 8 heteroatoms. The molecule has 0 saturated carbocycles. The van der Waals surface area contributed by atoms with Gasteiger partial charge in [0.25, 0.3) is 5.91 Å². The molecule has 0 unspecified atom stereocenters. The number of nitrogens with one attached hydrogen (secondary N) is 1. The second kappa shape index (κ2) is 7.77.